The zero-order chi connectivity index (χ0) is 19.1. The molecule has 0 bridgehead atoms. The van der Waals surface area contributed by atoms with Crippen LogP contribution in [0.4, 0.5) is 4.39 Å². The summed E-state index contributed by atoms with van der Waals surface area (Å²) in [6.07, 6.45) is -0.532. The second kappa shape index (κ2) is 9.69. The summed E-state index contributed by atoms with van der Waals surface area (Å²) in [5.74, 6) is 1.30. The van der Waals surface area contributed by atoms with Crippen LogP contribution >= 0.6 is 0 Å². The maximum atomic E-state index is 13.0. The lowest BCUT2D eigenvalue weighted by Gasteiger charge is -2.35. The molecule has 1 N–H and O–H groups in total. The summed E-state index contributed by atoms with van der Waals surface area (Å²) in [4.78, 5) is 4.60. The quantitative estimate of drug-likeness (QED) is 0.769. The normalized spacial score (nSPS) is 16.9. The largest absolute Gasteiger partial charge is 0.497 e. The summed E-state index contributed by atoms with van der Waals surface area (Å²) in [5.41, 5.74) is 1.12. The Kier molecular flexibility index (Phi) is 7.04. The Bertz CT molecular complexity index is 686. The highest BCUT2D eigenvalue weighted by molar-refractivity contribution is 5.31. The lowest BCUT2D eigenvalue weighted by atomic mass is 10.2. The Labute approximate surface area is 159 Å². The maximum absolute atomic E-state index is 13.0. The molecule has 1 saturated heterocycles. The maximum Gasteiger partial charge on any atom is 0.123 e. The van der Waals surface area contributed by atoms with E-state index in [1.165, 1.54) is 12.1 Å². The van der Waals surface area contributed by atoms with E-state index in [4.69, 9.17) is 9.47 Å². The fourth-order valence-corrected chi connectivity index (χ4v) is 3.19. The van der Waals surface area contributed by atoms with Crippen LogP contribution in [0.1, 0.15) is 5.56 Å². The van der Waals surface area contributed by atoms with Crippen molar-refractivity contribution in [2.45, 2.75) is 12.6 Å². The van der Waals surface area contributed by atoms with Crippen LogP contribution in [0, 0.1) is 5.82 Å². The van der Waals surface area contributed by atoms with Crippen LogP contribution < -0.4 is 9.47 Å². The number of ether oxygens (including phenoxy) is 2. The lowest BCUT2D eigenvalue weighted by Crippen LogP contribution is -2.48. The number of benzene rings is 2. The van der Waals surface area contributed by atoms with Gasteiger partial charge in [0.2, 0.25) is 0 Å². The molecular weight excluding hydrogens is 347 g/mol. The third-order valence-corrected chi connectivity index (χ3v) is 4.76. The Balaban J connectivity index is 1.36. The second-order valence-electron chi connectivity index (χ2n) is 6.84. The number of β-amino-alcohol motifs (C(OH)–C–C–N with tert-alkyl or cyclic N) is 1. The van der Waals surface area contributed by atoms with Gasteiger partial charge < -0.3 is 14.6 Å². The molecule has 0 aliphatic carbocycles. The first-order chi connectivity index (χ1) is 13.1. The zero-order valence-electron chi connectivity index (χ0n) is 15.7. The minimum atomic E-state index is -0.532. The summed E-state index contributed by atoms with van der Waals surface area (Å²) >= 11 is 0. The zero-order valence-corrected chi connectivity index (χ0v) is 15.7. The van der Waals surface area contributed by atoms with Gasteiger partial charge in [-0.15, -0.1) is 0 Å². The van der Waals surface area contributed by atoms with Crippen LogP contribution in [-0.2, 0) is 6.54 Å². The number of hydrogen-bond acceptors (Lipinski definition) is 5. The topological polar surface area (TPSA) is 45.2 Å². The molecule has 6 heteroatoms. The predicted molar refractivity (Wildman–Crippen MR) is 103 cm³/mol. The van der Waals surface area contributed by atoms with E-state index in [9.17, 15) is 9.50 Å². The molecule has 146 valence electrons. The third kappa shape index (κ3) is 6.20. The molecule has 0 aromatic heterocycles. The van der Waals surface area contributed by atoms with E-state index in [-0.39, 0.29) is 12.4 Å². The van der Waals surface area contributed by atoms with Gasteiger partial charge in [0.1, 0.15) is 30.0 Å². The average Bonchev–Trinajstić information content (AvgIpc) is 2.70. The van der Waals surface area contributed by atoms with Gasteiger partial charge in [-0.2, -0.15) is 0 Å². The molecule has 1 unspecified atom stereocenters. The Morgan fingerprint density at radius 1 is 0.926 bits per heavy atom. The van der Waals surface area contributed by atoms with E-state index in [1.807, 2.05) is 36.4 Å². The number of halogens is 1. The molecule has 27 heavy (non-hydrogen) atoms. The molecule has 3 rings (SSSR count). The first-order valence-corrected chi connectivity index (χ1v) is 9.26. The number of aliphatic hydroxyl groups excluding tert-OH is 1. The van der Waals surface area contributed by atoms with Crippen molar-refractivity contribution < 1.29 is 19.0 Å². The highest BCUT2D eigenvalue weighted by atomic mass is 19.1. The van der Waals surface area contributed by atoms with Crippen molar-refractivity contribution in [3.8, 4) is 11.5 Å². The summed E-state index contributed by atoms with van der Waals surface area (Å²) in [6.45, 7) is 5.37. The third-order valence-electron chi connectivity index (χ3n) is 4.76. The van der Waals surface area contributed by atoms with Crippen LogP contribution in [-0.4, -0.2) is 67.5 Å². The van der Waals surface area contributed by atoms with Gasteiger partial charge in [-0.3, -0.25) is 9.80 Å². The van der Waals surface area contributed by atoms with E-state index in [2.05, 4.69) is 9.80 Å². The van der Waals surface area contributed by atoms with Gasteiger partial charge in [0, 0.05) is 39.3 Å². The fourth-order valence-electron chi connectivity index (χ4n) is 3.19. The fraction of sp³-hybridized carbons (Fsp3) is 0.429. The SMILES string of the molecule is COc1ccc(OCC(O)CN2CCN(Cc3ccc(F)cc3)CC2)cc1. The molecule has 2 aromatic rings. The molecule has 2 aromatic carbocycles. The van der Waals surface area contributed by atoms with Crippen LogP contribution in [0.25, 0.3) is 0 Å². The molecule has 0 spiro atoms. The molecule has 1 aliphatic rings. The number of aliphatic hydroxyl groups is 1. The second-order valence-corrected chi connectivity index (χ2v) is 6.84. The molecule has 1 atom stereocenters. The summed E-state index contributed by atoms with van der Waals surface area (Å²) in [5, 5.41) is 10.3. The van der Waals surface area contributed by atoms with Crippen LogP contribution in [0.5, 0.6) is 11.5 Å². The number of nitrogens with zero attached hydrogens (tertiary/aromatic N) is 2. The molecular formula is C21H27FN2O3. The Morgan fingerprint density at radius 3 is 2.15 bits per heavy atom. The number of rotatable bonds is 8. The monoisotopic (exact) mass is 374 g/mol. The summed E-state index contributed by atoms with van der Waals surface area (Å²) in [7, 11) is 1.62. The van der Waals surface area contributed by atoms with Crippen LogP contribution in [0.15, 0.2) is 48.5 Å². The molecule has 0 radical (unpaired) electrons. The van der Waals surface area contributed by atoms with Gasteiger partial charge in [-0.1, -0.05) is 12.1 Å². The van der Waals surface area contributed by atoms with Crippen molar-refractivity contribution in [1.82, 2.24) is 9.80 Å². The average molecular weight is 374 g/mol. The van der Waals surface area contributed by atoms with Crippen molar-refractivity contribution >= 4 is 0 Å². The molecule has 0 amide bonds. The van der Waals surface area contributed by atoms with Gasteiger partial charge >= 0.3 is 0 Å². The van der Waals surface area contributed by atoms with E-state index in [0.717, 1.165) is 49.8 Å². The van der Waals surface area contributed by atoms with Crippen LogP contribution in [0.2, 0.25) is 0 Å². The first-order valence-electron chi connectivity index (χ1n) is 9.26. The summed E-state index contributed by atoms with van der Waals surface area (Å²) in [6, 6.07) is 14.0. The van der Waals surface area contributed by atoms with E-state index in [1.54, 1.807) is 7.11 Å². The van der Waals surface area contributed by atoms with E-state index < -0.39 is 6.10 Å². The molecule has 1 heterocycles. The van der Waals surface area contributed by atoms with Gasteiger partial charge in [-0.05, 0) is 42.0 Å². The Morgan fingerprint density at radius 2 is 1.52 bits per heavy atom. The van der Waals surface area contributed by atoms with Gasteiger partial charge in [-0.25, -0.2) is 4.39 Å². The molecule has 0 saturated carbocycles. The Hall–Kier alpha value is -2.15. The van der Waals surface area contributed by atoms with Crippen LogP contribution in [0.3, 0.4) is 0 Å². The van der Waals surface area contributed by atoms with Gasteiger partial charge in [0.15, 0.2) is 0 Å². The van der Waals surface area contributed by atoms with Crippen molar-refractivity contribution in [3.05, 3.63) is 59.9 Å². The minimum Gasteiger partial charge on any atom is -0.497 e. The highest BCUT2D eigenvalue weighted by Gasteiger charge is 2.19. The molecule has 5 nitrogen and oxygen atoms in total. The standard InChI is InChI=1S/C21H27FN2O3/c1-26-20-6-8-21(9-7-20)27-16-19(25)15-24-12-10-23(11-13-24)14-17-2-4-18(22)5-3-17/h2-9,19,25H,10-16H2,1H3. The number of piperazine rings is 1. The van der Waals surface area contributed by atoms with E-state index in [0.29, 0.717) is 6.54 Å². The smallest absolute Gasteiger partial charge is 0.123 e. The number of methoxy groups -OCH3 is 1. The van der Waals surface area contributed by atoms with E-state index >= 15 is 0 Å². The molecule has 1 fully saturated rings. The van der Waals surface area contributed by atoms with Gasteiger partial charge in [0.25, 0.3) is 0 Å². The van der Waals surface area contributed by atoms with Crippen molar-refractivity contribution in [2.75, 3.05) is 46.4 Å². The lowest BCUT2D eigenvalue weighted by molar-refractivity contribution is 0.0446. The van der Waals surface area contributed by atoms with Crippen molar-refractivity contribution in [3.63, 3.8) is 0 Å². The first kappa shape index (κ1) is 19.6. The minimum absolute atomic E-state index is 0.200. The highest BCUT2D eigenvalue weighted by Crippen LogP contribution is 2.17. The van der Waals surface area contributed by atoms with Crippen molar-refractivity contribution in [1.29, 1.82) is 0 Å². The predicted octanol–water partition coefficient (Wildman–Crippen LogP) is 2.39. The summed E-state index contributed by atoms with van der Waals surface area (Å²) < 4.78 is 23.7. The van der Waals surface area contributed by atoms with Gasteiger partial charge in [0.05, 0.1) is 7.11 Å². The molecule has 1 aliphatic heterocycles. The number of hydrogen-bond donors (Lipinski definition) is 1. The van der Waals surface area contributed by atoms with Crippen molar-refractivity contribution in [2.24, 2.45) is 0 Å².